The minimum absolute atomic E-state index is 0.0850. The molecule has 0 spiro atoms. The molecular formula is C15H21F3N2O. The topological polar surface area (TPSA) is 41.1 Å². The van der Waals surface area contributed by atoms with E-state index < -0.39 is 12.6 Å². The molecule has 1 amide bonds. The Kier molecular flexibility index (Phi) is 6.52. The van der Waals surface area contributed by atoms with Gasteiger partial charge in [0.25, 0.3) is 0 Å². The van der Waals surface area contributed by atoms with E-state index >= 15 is 0 Å². The van der Waals surface area contributed by atoms with Crippen LogP contribution in [0.3, 0.4) is 0 Å². The summed E-state index contributed by atoms with van der Waals surface area (Å²) in [7, 11) is 1.57. The lowest BCUT2D eigenvalue weighted by Gasteiger charge is -2.18. The zero-order valence-electron chi connectivity index (χ0n) is 12.3. The average Bonchev–Trinajstić information content (AvgIpc) is 2.39. The molecule has 0 aliphatic heterocycles. The lowest BCUT2D eigenvalue weighted by Crippen LogP contribution is -2.22. The van der Waals surface area contributed by atoms with E-state index in [0.29, 0.717) is 6.42 Å². The molecule has 0 saturated carbocycles. The van der Waals surface area contributed by atoms with Gasteiger partial charge in [0.05, 0.1) is 6.42 Å². The van der Waals surface area contributed by atoms with E-state index in [1.807, 2.05) is 31.2 Å². The standard InChI is InChI=1S/C15H21F3N2O/c1-11(6-5-9-15(16,17)18)20-13-8-4-3-7-12(13)10-14(21)19-2/h3-4,7-8,11,20H,5-6,9-10H2,1-2H3,(H,19,21). The van der Waals surface area contributed by atoms with Crippen LogP contribution in [0.5, 0.6) is 0 Å². The Labute approximate surface area is 122 Å². The van der Waals surface area contributed by atoms with Gasteiger partial charge in [-0.1, -0.05) is 18.2 Å². The first-order valence-corrected chi connectivity index (χ1v) is 6.93. The summed E-state index contributed by atoms with van der Waals surface area (Å²) < 4.78 is 36.3. The summed E-state index contributed by atoms with van der Waals surface area (Å²) in [6.45, 7) is 1.84. The number of alkyl halides is 3. The molecule has 0 radical (unpaired) electrons. The van der Waals surface area contributed by atoms with Gasteiger partial charge in [0, 0.05) is 25.2 Å². The summed E-state index contributed by atoms with van der Waals surface area (Å²) in [6.07, 6.45) is -4.10. The Hall–Kier alpha value is -1.72. The molecule has 1 aromatic carbocycles. The number of likely N-dealkylation sites (N-methyl/N-ethyl adjacent to an activating group) is 1. The molecule has 0 aliphatic carbocycles. The largest absolute Gasteiger partial charge is 0.389 e. The van der Waals surface area contributed by atoms with Crippen LogP contribution in [-0.2, 0) is 11.2 Å². The maximum atomic E-state index is 12.1. The Morgan fingerprint density at radius 3 is 2.57 bits per heavy atom. The van der Waals surface area contributed by atoms with E-state index in [0.717, 1.165) is 11.3 Å². The molecule has 1 atom stereocenters. The van der Waals surface area contributed by atoms with Crippen molar-refractivity contribution in [2.45, 2.75) is 44.8 Å². The molecule has 1 unspecified atom stereocenters. The predicted molar refractivity (Wildman–Crippen MR) is 77.2 cm³/mol. The quantitative estimate of drug-likeness (QED) is 0.809. The fraction of sp³-hybridized carbons (Fsp3) is 0.533. The van der Waals surface area contributed by atoms with Crippen LogP contribution in [0.15, 0.2) is 24.3 Å². The Morgan fingerprint density at radius 2 is 1.95 bits per heavy atom. The molecule has 0 fully saturated rings. The molecule has 0 aromatic heterocycles. The number of rotatable bonds is 7. The van der Waals surface area contributed by atoms with E-state index in [9.17, 15) is 18.0 Å². The zero-order chi connectivity index (χ0) is 15.9. The normalized spacial score (nSPS) is 12.8. The second-order valence-electron chi connectivity index (χ2n) is 5.06. The number of nitrogens with one attached hydrogen (secondary N) is 2. The fourth-order valence-corrected chi connectivity index (χ4v) is 2.02. The number of anilines is 1. The number of hydrogen-bond donors (Lipinski definition) is 2. The number of amides is 1. The smallest absolute Gasteiger partial charge is 0.382 e. The van der Waals surface area contributed by atoms with Crippen molar-refractivity contribution in [3.8, 4) is 0 Å². The number of halogens is 3. The second-order valence-corrected chi connectivity index (χ2v) is 5.06. The van der Waals surface area contributed by atoms with Crippen molar-refractivity contribution in [3.05, 3.63) is 29.8 Å². The highest BCUT2D eigenvalue weighted by Crippen LogP contribution is 2.24. The third kappa shape index (κ3) is 7.02. The summed E-state index contributed by atoms with van der Waals surface area (Å²) in [5.41, 5.74) is 1.63. The number of para-hydroxylation sites is 1. The van der Waals surface area contributed by atoms with E-state index in [1.54, 1.807) is 7.05 Å². The summed E-state index contributed by atoms with van der Waals surface area (Å²) in [5, 5.41) is 5.73. The number of carbonyl (C=O) groups excluding carboxylic acids is 1. The average molecular weight is 302 g/mol. The Morgan fingerprint density at radius 1 is 1.29 bits per heavy atom. The van der Waals surface area contributed by atoms with Crippen LogP contribution in [0.4, 0.5) is 18.9 Å². The monoisotopic (exact) mass is 302 g/mol. The summed E-state index contributed by atoms with van der Waals surface area (Å²) in [6, 6.07) is 7.24. The van der Waals surface area contributed by atoms with Gasteiger partial charge in [-0.05, 0) is 31.4 Å². The summed E-state index contributed by atoms with van der Waals surface area (Å²) >= 11 is 0. The van der Waals surface area contributed by atoms with Gasteiger partial charge in [0.1, 0.15) is 0 Å². The summed E-state index contributed by atoms with van der Waals surface area (Å²) in [4.78, 5) is 11.4. The molecule has 0 heterocycles. The van der Waals surface area contributed by atoms with E-state index in [4.69, 9.17) is 0 Å². The third-order valence-electron chi connectivity index (χ3n) is 3.15. The minimum atomic E-state index is -4.10. The lowest BCUT2D eigenvalue weighted by molar-refractivity contribution is -0.135. The van der Waals surface area contributed by atoms with E-state index in [1.165, 1.54) is 0 Å². The highest BCUT2D eigenvalue weighted by molar-refractivity contribution is 5.80. The number of carbonyl (C=O) groups is 1. The minimum Gasteiger partial charge on any atom is -0.382 e. The van der Waals surface area contributed by atoms with Gasteiger partial charge in [-0.2, -0.15) is 13.2 Å². The molecule has 3 nitrogen and oxygen atoms in total. The van der Waals surface area contributed by atoms with Crippen LogP contribution >= 0.6 is 0 Å². The fourth-order valence-electron chi connectivity index (χ4n) is 2.02. The molecule has 0 aliphatic rings. The van der Waals surface area contributed by atoms with Gasteiger partial charge in [-0.25, -0.2) is 0 Å². The van der Waals surface area contributed by atoms with Crippen molar-refractivity contribution in [1.82, 2.24) is 5.32 Å². The molecule has 1 aromatic rings. The molecule has 2 N–H and O–H groups in total. The van der Waals surface area contributed by atoms with Gasteiger partial charge >= 0.3 is 6.18 Å². The van der Waals surface area contributed by atoms with Crippen molar-refractivity contribution >= 4 is 11.6 Å². The first kappa shape index (κ1) is 17.3. The van der Waals surface area contributed by atoms with Crippen LogP contribution in [-0.4, -0.2) is 25.2 Å². The Balaban J connectivity index is 2.55. The van der Waals surface area contributed by atoms with Crippen LogP contribution in [0.25, 0.3) is 0 Å². The Bertz CT molecular complexity index is 460. The molecule has 0 saturated heterocycles. The van der Waals surface area contributed by atoms with E-state index in [2.05, 4.69) is 10.6 Å². The van der Waals surface area contributed by atoms with E-state index in [-0.39, 0.29) is 24.8 Å². The number of benzene rings is 1. The molecule has 0 bridgehead atoms. The molecule has 21 heavy (non-hydrogen) atoms. The first-order valence-electron chi connectivity index (χ1n) is 6.93. The highest BCUT2D eigenvalue weighted by Gasteiger charge is 2.26. The maximum absolute atomic E-state index is 12.1. The van der Waals surface area contributed by atoms with Crippen LogP contribution in [0, 0.1) is 0 Å². The highest BCUT2D eigenvalue weighted by atomic mass is 19.4. The number of hydrogen-bond acceptors (Lipinski definition) is 2. The first-order chi connectivity index (χ1) is 9.81. The van der Waals surface area contributed by atoms with Crippen LogP contribution in [0.2, 0.25) is 0 Å². The van der Waals surface area contributed by atoms with Gasteiger partial charge in [0.15, 0.2) is 0 Å². The third-order valence-corrected chi connectivity index (χ3v) is 3.15. The van der Waals surface area contributed by atoms with Gasteiger partial charge < -0.3 is 10.6 Å². The van der Waals surface area contributed by atoms with Gasteiger partial charge in [0.2, 0.25) is 5.91 Å². The zero-order valence-corrected chi connectivity index (χ0v) is 12.3. The molecule has 118 valence electrons. The van der Waals surface area contributed by atoms with Crippen molar-refractivity contribution < 1.29 is 18.0 Å². The van der Waals surface area contributed by atoms with Crippen molar-refractivity contribution in [3.63, 3.8) is 0 Å². The van der Waals surface area contributed by atoms with Crippen molar-refractivity contribution in [2.24, 2.45) is 0 Å². The van der Waals surface area contributed by atoms with Gasteiger partial charge in [-0.3, -0.25) is 4.79 Å². The van der Waals surface area contributed by atoms with Crippen molar-refractivity contribution in [2.75, 3.05) is 12.4 Å². The summed E-state index contributed by atoms with van der Waals surface area (Å²) in [5.74, 6) is -0.103. The molecule has 1 rings (SSSR count). The molecular weight excluding hydrogens is 281 g/mol. The maximum Gasteiger partial charge on any atom is 0.389 e. The predicted octanol–water partition coefficient (Wildman–Crippen LogP) is 3.51. The lowest BCUT2D eigenvalue weighted by atomic mass is 10.1. The van der Waals surface area contributed by atoms with Gasteiger partial charge in [-0.15, -0.1) is 0 Å². The SMILES string of the molecule is CNC(=O)Cc1ccccc1NC(C)CCCC(F)(F)F. The van der Waals surface area contributed by atoms with Crippen LogP contribution in [0.1, 0.15) is 31.7 Å². The molecule has 6 heteroatoms. The van der Waals surface area contributed by atoms with Crippen LogP contribution < -0.4 is 10.6 Å². The second kappa shape index (κ2) is 7.90. The van der Waals surface area contributed by atoms with Crippen molar-refractivity contribution in [1.29, 1.82) is 0 Å².